The monoisotopic (exact) mass is 341 g/mol. The summed E-state index contributed by atoms with van der Waals surface area (Å²) in [5, 5.41) is 9.37. The smallest absolute Gasteiger partial charge is 0.129 e. The molecule has 0 spiro atoms. The second-order valence-corrected chi connectivity index (χ2v) is 5.81. The molecule has 0 aliphatic rings. The molecule has 3 rings (SSSR count). The maximum Gasteiger partial charge on any atom is 0.129 e. The largest absolute Gasteiger partial charge is 0.345 e. The van der Waals surface area contributed by atoms with E-state index < -0.39 is 0 Å². The molecule has 0 radical (unpaired) electrons. The van der Waals surface area contributed by atoms with Crippen molar-refractivity contribution >= 4 is 23.2 Å². The zero-order valence-electron chi connectivity index (χ0n) is 12.2. The third-order valence-corrected chi connectivity index (χ3v) is 4.09. The normalized spacial score (nSPS) is 10.5. The maximum atomic E-state index is 8.88. The van der Waals surface area contributed by atoms with E-state index in [1.165, 1.54) is 0 Å². The van der Waals surface area contributed by atoms with Gasteiger partial charge < -0.3 is 4.57 Å². The number of nitriles is 1. The molecule has 0 N–H and O–H groups in total. The minimum Gasteiger partial charge on any atom is -0.345 e. The van der Waals surface area contributed by atoms with Crippen LogP contribution >= 0.6 is 23.2 Å². The van der Waals surface area contributed by atoms with Gasteiger partial charge in [0.05, 0.1) is 17.5 Å². The molecule has 0 saturated heterocycles. The van der Waals surface area contributed by atoms with Crippen molar-refractivity contribution in [3.63, 3.8) is 0 Å². The number of rotatable bonds is 4. The topological polar surface area (TPSA) is 41.6 Å². The number of nitrogens with zero attached hydrogens (tertiary/aromatic N) is 3. The van der Waals surface area contributed by atoms with Crippen LogP contribution in [0.4, 0.5) is 0 Å². The zero-order valence-corrected chi connectivity index (χ0v) is 13.7. The Morgan fingerprint density at radius 1 is 1.09 bits per heavy atom. The number of hydrogen-bond donors (Lipinski definition) is 0. The lowest BCUT2D eigenvalue weighted by molar-refractivity contribution is 0.770. The van der Waals surface area contributed by atoms with E-state index >= 15 is 0 Å². The Kier molecular flexibility index (Phi) is 4.66. The molecule has 0 aliphatic heterocycles. The Morgan fingerprint density at radius 2 is 1.87 bits per heavy atom. The van der Waals surface area contributed by atoms with Crippen LogP contribution in [0.5, 0.6) is 0 Å². The van der Waals surface area contributed by atoms with Gasteiger partial charge in [0.1, 0.15) is 5.15 Å². The molecule has 114 valence electrons. The molecule has 2 heterocycles. The van der Waals surface area contributed by atoms with Crippen molar-refractivity contribution in [1.29, 1.82) is 5.26 Å². The molecule has 23 heavy (non-hydrogen) atoms. The van der Waals surface area contributed by atoms with E-state index in [9.17, 15) is 0 Å². The number of hydrogen-bond acceptors (Lipinski definition) is 2. The first kappa shape index (κ1) is 15.6. The number of alkyl halides is 1. The fourth-order valence-electron chi connectivity index (χ4n) is 2.45. The van der Waals surface area contributed by atoms with E-state index in [0.29, 0.717) is 23.1 Å². The van der Waals surface area contributed by atoms with E-state index in [4.69, 9.17) is 28.5 Å². The average molecular weight is 342 g/mol. The molecule has 0 fully saturated rings. The summed E-state index contributed by atoms with van der Waals surface area (Å²) in [7, 11) is 0. The minimum absolute atomic E-state index is 0.426. The highest BCUT2D eigenvalue weighted by atomic mass is 35.5. The van der Waals surface area contributed by atoms with Gasteiger partial charge in [-0.05, 0) is 47.0 Å². The number of halogens is 2. The standard InChI is InChI=1S/C18H13Cl2N3/c19-9-17-8-16(15-3-1-13(10-21)2-4-15)12-23(17)11-14-5-6-22-18(20)7-14/h1-8,12H,9,11H2. The molecule has 0 amide bonds. The molecule has 0 bridgehead atoms. The van der Waals surface area contributed by atoms with Gasteiger partial charge >= 0.3 is 0 Å². The predicted octanol–water partition coefficient (Wildman–Crippen LogP) is 4.86. The summed E-state index contributed by atoms with van der Waals surface area (Å²) in [5.41, 5.74) is 4.88. The Balaban J connectivity index is 1.92. The lowest BCUT2D eigenvalue weighted by Crippen LogP contribution is -2.01. The predicted molar refractivity (Wildman–Crippen MR) is 92.5 cm³/mol. The number of aromatic nitrogens is 2. The van der Waals surface area contributed by atoms with E-state index in [2.05, 4.69) is 27.9 Å². The molecule has 2 aromatic heterocycles. The van der Waals surface area contributed by atoms with Gasteiger partial charge in [-0.25, -0.2) is 4.98 Å². The zero-order chi connectivity index (χ0) is 16.2. The van der Waals surface area contributed by atoms with Crippen LogP contribution in [0, 0.1) is 11.3 Å². The fourth-order valence-corrected chi connectivity index (χ4v) is 2.87. The van der Waals surface area contributed by atoms with E-state index in [1.54, 1.807) is 6.20 Å². The summed E-state index contributed by atoms with van der Waals surface area (Å²) in [4.78, 5) is 4.00. The van der Waals surface area contributed by atoms with Gasteiger partial charge in [0, 0.05) is 24.6 Å². The van der Waals surface area contributed by atoms with E-state index in [-0.39, 0.29) is 0 Å². The van der Waals surface area contributed by atoms with E-state index in [1.807, 2.05) is 36.4 Å². The van der Waals surface area contributed by atoms with Crippen molar-refractivity contribution in [3.8, 4) is 17.2 Å². The lowest BCUT2D eigenvalue weighted by Gasteiger charge is -2.07. The summed E-state index contributed by atoms with van der Waals surface area (Å²) in [6.45, 7) is 0.681. The Morgan fingerprint density at radius 3 is 2.52 bits per heavy atom. The van der Waals surface area contributed by atoms with Crippen molar-refractivity contribution in [1.82, 2.24) is 9.55 Å². The lowest BCUT2D eigenvalue weighted by atomic mass is 10.1. The van der Waals surface area contributed by atoms with Crippen molar-refractivity contribution in [2.24, 2.45) is 0 Å². The highest BCUT2D eigenvalue weighted by Crippen LogP contribution is 2.24. The SMILES string of the molecule is N#Cc1ccc(-c2cc(CCl)n(Cc3ccnc(Cl)c3)c2)cc1. The van der Waals surface area contributed by atoms with Gasteiger partial charge in [-0.1, -0.05) is 23.7 Å². The molecular formula is C18H13Cl2N3. The minimum atomic E-state index is 0.426. The van der Waals surface area contributed by atoms with Gasteiger partial charge in [0.25, 0.3) is 0 Å². The highest BCUT2D eigenvalue weighted by molar-refractivity contribution is 6.29. The third-order valence-electron chi connectivity index (χ3n) is 3.61. The molecule has 3 nitrogen and oxygen atoms in total. The number of benzene rings is 1. The van der Waals surface area contributed by atoms with Gasteiger partial charge in [-0.15, -0.1) is 11.6 Å². The quantitative estimate of drug-likeness (QED) is 0.502. The summed E-state index contributed by atoms with van der Waals surface area (Å²) in [6, 6.07) is 15.5. The molecule has 0 unspecified atom stereocenters. The fraction of sp³-hybridized carbons (Fsp3) is 0.111. The van der Waals surface area contributed by atoms with Crippen LogP contribution in [0.15, 0.2) is 54.9 Å². The third kappa shape index (κ3) is 3.56. The van der Waals surface area contributed by atoms with Crippen molar-refractivity contribution in [3.05, 3.63) is 76.8 Å². The summed E-state index contributed by atoms with van der Waals surface area (Å²) in [5.74, 6) is 0.426. The molecule has 1 aromatic carbocycles. The van der Waals surface area contributed by atoms with E-state index in [0.717, 1.165) is 22.4 Å². The first-order chi connectivity index (χ1) is 11.2. The van der Waals surface area contributed by atoms with Crippen LogP contribution < -0.4 is 0 Å². The molecule has 5 heteroatoms. The van der Waals surface area contributed by atoms with Crippen molar-refractivity contribution in [2.75, 3.05) is 0 Å². The van der Waals surface area contributed by atoms with Crippen LogP contribution in [0.1, 0.15) is 16.8 Å². The average Bonchev–Trinajstić information content (AvgIpc) is 2.98. The summed E-state index contributed by atoms with van der Waals surface area (Å²) in [6.07, 6.45) is 3.76. The van der Waals surface area contributed by atoms with Crippen LogP contribution in [-0.2, 0) is 12.4 Å². The molecule has 3 aromatic rings. The Hall–Kier alpha value is -2.28. The van der Waals surface area contributed by atoms with Crippen molar-refractivity contribution in [2.45, 2.75) is 12.4 Å². The second-order valence-electron chi connectivity index (χ2n) is 5.16. The van der Waals surface area contributed by atoms with Crippen LogP contribution in [0.25, 0.3) is 11.1 Å². The Bertz CT molecular complexity index is 861. The van der Waals surface area contributed by atoms with Gasteiger partial charge in [0.15, 0.2) is 0 Å². The first-order valence-corrected chi connectivity index (χ1v) is 7.97. The van der Waals surface area contributed by atoms with Gasteiger partial charge in [0.2, 0.25) is 0 Å². The number of pyridine rings is 1. The van der Waals surface area contributed by atoms with Crippen LogP contribution in [0.3, 0.4) is 0 Å². The highest BCUT2D eigenvalue weighted by Gasteiger charge is 2.08. The molecule has 0 saturated carbocycles. The molecule has 0 atom stereocenters. The van der Waals surface area contributed by atoms with Crippen LogP contribution in [-0.4, -0.2) is 9.55 Å². The second kappa shape index (κ2) is 6.87. The Labute approximate surface area is 144 Å². The maximum absolute atomic E-state index is 8.88. The van der Waals surface area contributed by atoms with Crippen LogP contribution in [0.2, 0.25) is 5.15 Å². The molecule has 0 aliphatic carbocycles. The summed E-state index contributed by atoms with van der Waals surface area (Å²) < 4.78 is 2.10. The van der Waals surface area contributed by atoms with Gasteiger partial charge in [-0.2, -0.15) is 5.26 Å². The molecular weight excluding hydrogens is 329 g/mol. The van der Waals surface area contributed by atoms with Gasteiger partial charge in [-0.3, -0.25) is 0 Å². The first-order valence-electron chi connectivity index (χ1n) is 7.05. The van der Waals surface area contributed by atoms with Crippen molar-refractivity contribution < 1.29 is 0 Å². The summed E-state index contributed by atoms with van der Waals surface area (Å²) >= 11 is 12.0.